The second kappa shape index (κ2) is 6.97. The van der Waals surface area contributed by atoms with Crippen LogP contribution in [0.3, 0.4) is 0 Å². The average molecular weight is 282 g/mol. The lowest BCUT2D eigenvalue weighted by molar-refractivity contribution is 0.114. The van der Waals surface area contributed by atoms with Crippen molar-refractivity contribution < 1.29 is 4.74 Å². The summed E-state index contributed by atoms with van der Waals surface area (Å²) in [6.07, 6.45) is 4.65. The summed E-state index contributed by atoms with van der Waals surface area (Å²) in [5, 5.41) is 7.05. The van der Waals surface area contributed by atoms with Crippen LogP contribution in [0.1, 0.15) is 12.8 Å². The first-order valence-corrected chi connectivity index (χ1v) is 7.72. The number of thiocarbonyl (C=S) groups is 1. The Labute approximate surface area is 118 Å². The van der Waals surface area contributed by atoms with Gasteiger partial charge in [-0.25, -0.2) is 0 Å². The first-order chi connectivity index (χ1) is 8.78. The predicted molar refractivity (Wildman–Crippen MR) is 81.4 cm³/mol. The van der Waals surface area contributed by atoms with Crippen molar-refractivity contribution in [3.8, 4) is 0 Å². The fraction of sp³-hybridized carbons (Fsp3) is 0.462. The molecule has 1 aromatic carbocycles. The Morgan fingerprint density at radius 1 is 1.56 bits per heavy atom. The summed E-state index contributed by atoms with van der Waals surface area (Å²) in [6, 6.07) is 8.21. The highest BCUT2D eigenvalue weighted by Crippen LogP contribution is 2.18. The average Bonchev–Trinajstić information content (AvgIpc) is 2.90. The summed E-state index contributed by atoms with van der Waals surface area (Å²) in [6.45, 7) is 1.66. The first kappa shape index (κ1) is 13.6. The molecular weight excluding hydrogens is 264 g/mol. The number of benzene rings is 1. The van der Waals surface area contributed by atoms with E-state index in [0.717, 1.165) is 31.7 Å². The number of anilines is 1. The van der Waals surface area contributed by atoms with E-state index in [4.69, 9.17) is 17.0 Å². The number of rotatable bonds is 4. The summed E-state index contributed by atoms with van der Waals surface area (Å²) in [7, 11) is 0. The molecule has 18 heavy (non-hydrogen) atoms. The number of hydrogen-bond donors (Lipinski definition) is 2. The molecule has 1 heterocycles. The third-order valence-corrected chi connectivity index (χ3v) is 3.81. The molecule has 1 aliphatic rings. The van der Waals surface area contributed by atoms with Gasteiger partial charge in [-0.3, -0.25) is 0 Å². The van der Waals surface area contributed by atoms with E-state index in [2.05, 4.69) is 29.0 Å². The van der Waals surface area contributed by atoms with Crippen molar-refractivity contribution in [2.45, 2.75) is 23.8 Å². The van der Waals surface area contributed by atoms with Crippen molar-refractivity contribution in [3.05, 3.63) is 24.3 Å². The lowest BCUT2D eigenvalue weighted by Gasteiger charge is -2.14. The number of ether oxygens (including phenoxy) is 1. The van der Waals surface area contributed by atoms with Crippen molar-refractivity contribution >= 4 is 34.8 Å². The van der Waals surface area contributed by atoms with Gasteiger partial charge < -0.3 is 15.4 Å². The molecular formula is C13H18N2OS2. The SMILES string of the molecule is CSc1cccc(NC(=S)NC[C@H]2CCCO2)c1. The standard InChI is InChI=1S/C13H18N2OS2/c1-18-12-6-2-4-10(8-12)15-13(17)14-9-11-5-3-7-16-11/h2,4,6,8,11H,3,5,7,9H2,1H3,(H2,14,15,17)/t11-/m1/s1. The molecule has 0 amide bonds. The molecule has 0 spiro atoms. The molecule has 0 saturated carbocycles. The highest BCUT2D eigenvalue weighted by atomic mass is 32.2. The fourth-order valence-electron chi connectivity index (χ4n) is 1.89. The quantitative estimate of drug-likeness (QED) is 0.655. The van der Waals surface area contributed by atoms with Gasteiger partial charge in [0.15, 0.2) is 5.11 Å². The smallest absolute Gasteiger partial charge is 0.170 e. The highest BCUT2D eigenvalue weighted by Gasteiger charge is 2.15. The zero-order chi connectivity index (χ0) is 12.8. The Morgan fingerprint density at radius 3 is 3.17 bits per heavy atom. The number of hydrogen-bond acceptors (Lipinski definition) is 3. The van der Waals surface area contributed by atoms with Crippen LogP contribution in [0.5, 0.6) is 0 Å². The van der Waals surface area contributed by atoms with E-state index in [1.807, 2.05) is 12.1 Å². The van der Waals surface area contributed by atoms with Crippen LogP contribution in [0.2, 0.25) is 0 Å². The predicted octanol–water partition coefficient (Wildman–Crippen LogP) is 2.87. The van der Waals surface area contributed by atoms with Gasteiger partial charge in [-0.15, -0.1) is 11.8 Å². The van der Waals surface area contributed by atoms with Crippen LogP contribution < -0.4 is 10.6 Å². The van der Waals surface area contributed by atoms with Crippen LogP contribution in [0.4, 0.5) is 5.69 Å². The minimum absolute atomic E-state index is 0.308. The Bertz CT molecular complexity index is 406. The minimum Gasteiger partial charge on any atom is -0.376 e. The van der Waals surface area contributed by atoms with E-state index in [0.29, 0.717) is 11.2 Å². The zero-order valence-corrected chi connectivity index (χ0v) is 12.1. The van der Waals surface area contributed by atoms with Crippen molar-refractivity contribution in [1.82, 2.24) is 5.32 Å². The summed E-state index contributed by atoms with van der Waals surface area (Å²) < 4.78 is 5.54. The van der Waals surface area contributed by atoms with E-state index in [9.17, 15) is 0 Å². The van der Waals surface area contributed by atoms with Crippen LogP contribution in [0.15, 0.2) is 29.2 Å². The maximum Gasteiger partial charge on any atom is 0.170 e. The third-order valence-electron chi connectivity index (χ3n) is 2.84. The molecule has 98 valence electrons. The van der Waals surface area contributed by atoms with E-state index in [1.165, 1.54) is 4.90 Å². The lowest BCUT2D eigenvalue weighted by Crippen LogP contribution is -2.34. The van der Waals surface area contributed by atoms with E-state index in [1.54, 1.807) is 11.8 Å². The topological polar surface area (TPSA) is 33.3 Å². The largest absolute Gasteiger partial charge is 0.376 e. The number of nitrogens with one attached hydrogen (secondary N) is 2. The molecule has 0 bridgehead atoms. The normalized spacial score (nSPS) is 18.6. The van der Waals surface area contributed by atoms with Gasteiger partial charge in [-0.1, -0.05) is 6.07 Å². The summed E-state index contributed by atoms with van der Waals surface area (Å²) in [5.74, 6) is 0. The summed E-state index contributed by atoms with van der Waals surface area (Å²) in [5.41, 5.74) is 1.02. The van der Waals surface area contributed by atoms with Crippen LogP contribution in [-0.2, 0) is 4.74 Å². The molecule has 0 aliphatic carbocycles. The molecule has 1 aliphatic heterocycles. The van der Waals surface area contributed by atoms with Gasteiger partial charge >= 0.3 is 0 Å². The van der Waals surface area contributed by atoms with Gasteiger partial charge in [0.05, 0.1) is 6.10 Å². The maximum atomic E-state index is 5.54. The molecule has 1 aromatic rings. The zero-order valence-electron chi connectivity index (χ0n) is 10.4. The number of thioether (sulfide) groups is 1. The molecule has 0 aromatic heterocycles. The van der Waals surface area contributed by atoms with Crippen molar-refractivity contribution in [2.24, 2.45) is 0 Å². The fourth-order valence-corrected chi connectivity index (χ4v) is 2.55. The van der Waals surface area contributed by atoms with Gasteiger partial charge in [0.2, 0.25) is 0 Å². The van der Waals surface area contributed by atoms with Crippen LogP contribution in [-0.4, -0.2) is 30.6 Å². The Balaban J connectivity index is 1.78. The van der Waals surface area contributed by atoms with Crippen LogP contribution in [0.25, 0.3) is 0 Å². The van der Waals surface area contributed by atoms with E-state index in [-0.39, 0.29) is 0 Å². The Morgan fingerprint density at radius 2 is 2.44 bits per heavy atom. The van der Waals surface area contributed by atoms with Gasteiger partial charge in [0, 0.05) is 23.7 Å². The second-order valence-electron chi connectivity index (χ2n) is 4.20. The Kier molecular flexibility index (Phi) is 5.28. The van der Waals surface area contributed by atoms with Crippen molar-refractivity contribution in [2.75, 3.05) is 24.7 Å². The van der Waals surface area contributed by atoms with Gasteiger partial charge in [-0.2, -0.15) is 0 Å². The van der Waals surface area contributed by atoms with Crippen LogP contribution in [0, 0.1) is 0 Å². The molecule has 1 saturated heterocycles. The second-order valence-corrected chi connectivity index (χ2v) is 5.49. The minimum atomic E-state index is 0.308. The molecule has 2 rings (SSSR count). The molecule has 5 heteroatoms. The third kappa shape index (κ3) is 4.15. The Hall–Kier alpha value is -0.780. The first-order valence-electron chi connectivity index (χ1n) is 6.08. The highest BCUT2D eigenvalue weighted by molar-refractivity contribution is 7.98. The molecule has 0 radical (unpaired) electrons. The van der Waals surface area contributed by atoms with Gasteiger partial charge in [0.25, 0.3) is 0 Å². The summed E-state index contributed by atoms with van der Waals surface area (Å²) >= 11 is 6.99. The van der Waals surface area contributed by atoms with Gasteiger partial charge in [0.1, 0.15) is 0 Å². The molecule has 1 fully saturated rings. The van der Waals surface area contributed by atoms with Crippen molar-refractivity contribution in [1.29, 1.82) is 0 Å². The van der Waals surface area contributed by atoms with Crippen LogP contribution >= 0.6 is 24.0 Å². The maximum absolute atomic E-state index is 5.54. The van der Waals surface area contributed by atoms with Gasteiger partial charge in [-0.05, 0) is 49.5 Å². The molecule has 3 nitrogen and oxygen atoms in total. The van der Waals surface area contributed by atoms with Crippen molar-refractivity contribution in [3.63, 3.8) is 0 Å². The molecule has 0 unspecified atom stereocenters. The molecule has 1 atom stereocenters. The summed E-state index contributed by atoms with van der Waals surface area (Å²) in [4.78, 5) is 1.22. The lowest BCUT2D eigenvalue weighted by atomic mass is 10.2. The van der Waals surface area contributed by atoms with E-state index < -0.39 is 0 Å². The monoisotopic (exact) mass is 282 g/mol. The van der Waals surface area contributed by atoms with E-state index >= 15 is 0 Å². The molecule has 2 N–H and O–H groups in total.